The Morgan fingerprint density at radius 1 is 1.55 bits per heavy atom. The van der Waals surface area contributed by atoms with Gasteiger partial charge in [-0.15, -0.1) is 0 Å². The molecule has 2 N–H and O–H groups in total. The van der Waals surface area contributed by atoms with Crippen LogP contribution in [0, 0.1) is 6.92 Å². The number of phenolic OH excluding ortho intramolecular Hbond substituents is 1. The van der Waals surface area contributed by atoms with Gasteiger partial charge in [-0.1, -0.05) is 11.6 Å². The van der Waals surface area contributed by atoms with Crippen LogP contribution in [0.5, 0.6) is 5.75 Å². The lowest BCUT2D eigenvalue weighted by Crippen LogP contribution is -2.24. The highest BCUT2D eigenvalue weighted by molar-refractivity contribution is 9.10. The lowest BCUT2D eigenvalue weighted by atomic mass is 10.2. The molecule has 106 valence electrons. The molecule has 2 aromatic rings. The first kappa shape index (κ1) is 14.9. The largest absolute Gasteiger partial charge is 0.506 e. The third-order valence-electron chi connectivity index (χ3n) is 2.85. The molecule has 0 aliphatic rings. The molecule has 1 heterocycles. The second-order valence-electron chi connectivity index (χ2n) is 4.37. The van der Waals surface area contributed by atoms with Gasteiger partial charge in [0.25, 0.3) is 0 Å². The van der Waals surface area contributed by atoms with Crippen molar-refractivity contribution in [3.63, 3.8) is 0 Å². The van der Waals surface area contributed by atoms with Crippen molar-refractivity contribution in [1.29, 1.82) is 0 Å². The number of rotatable bonds is 3. The zero-order chi connectivity index (χ0) is 14.9. The normalized spacial score (nSPS) is 12.2. The number of hydrogen-bond donors (Lipinski definition) is 2. The van der Waals surface area contributed by atoms with Crippen LogP contribution in [0.4, 0.5) is 5.69 Å². The minimum atomic E-state index is -0.515. The number of nitrogens with one attached hydrogen (secondary N) is 1. The zero-order valence-corrected chi connectivity index (χ0v) is 13.2. The number of aromatic nitrogens is 2. The van der Waals surface area contributed by atoms with Crippen LogP contribution in [-0.2, 0) is 4.79 Å². The minimum absolute atomic E-state index is 0.0345. The van der Waals surface area contributed by atoms with Gasteiger partial charge in [0, 0.05) is 11.2 Å². The molecule has 0 bridgehead atoms. The molecule has 0 fully saturated rings. The Labute approximate surface area is 129 Å². The number of nitrogens with zero attached hydrogens (tertiary/aromatic N) is 2. The first-order chi connectivity index (χ1) is 9.38. The highest BCUT2D eigenvalue weighted by Crippen LogP contribution is 2.27. The summed E-state index contributed by atoms with van der Waals surface area (Å²) in [5.41, 5.74) is 1.08. The summed E-state index contributed by atoms with van der Waals surface area (Å²) in [6, 6.07) is 3.95. The van der Waals surface area contributed by atoms with Crippen LogP contribution >= 0.6 is 27.5 Å². The standard InChI is InChI=1S/C13H13BrClN3O2/c1-7-10(14)6-18(17-7)8(2)13(20)16-11-5-9(15)3-4-12(11)19/h3-6,8,19H,1-2H3,(H,16,20). The van der Waals surface area contributed by atoms with Crippen molar-refractivity contribution in [3.8, 4) is 5.75 Å². The molecule has 1 unspecified atom stereocenters. The van der Waals surface area contributed by atoms with Crippen molar-refractivity contribution in [2.45, 2.75) is 19.9 Å². The Hall–Kier alpha value is -1.53. The van der Waals surface area contributed by atoms with Gasteiger partial charge in [0.1, 0.15) is 11.8 Å². The molecule has 0 aliphatic carbocycles. The molecule has 0 saturated heterocycles. The number of phenols is 1. The van der Waals surface area contributed by atoms with E-state index in [4.69, 9.17) is 11.6 Å². The maximum Gasteiger partial charge on any atom is 0.249 e. The van der Waals surface area contributed by atoms with Crippen molar-refractivity contribution in [1.82, 2.24) is 9.78 Å². The summed E-state index contributed by atoms with van der Waals surface area (Å²) in [5.74, 6) is -0.328. The molecule has 1 amide bonds. The fourth-order valence-corrected chi connectivity index (χ4v) is 2.08. The highest BCUT2D eigenvalue weighted by Gasteiger charge is 2.18. The van der Waals surface area contributed by atoms with E-state index in [9.17, 15) is 9.90 Å². The molecule has 2 rings (SSSR count). The van der Waals surface area contributed by atoms with Gasteiger partial charge in [0.05, 0.1) is 15.9 Å². The molecule has 1 aromatic carbocycles. The average molecular weight is 359 g/mol. The van der Waals surface area contributed by atoms with Gasteiger partial charge in [0.2, 0.25) is 5.91 Å². The number of benzene rings is 1. The fourth-order valence-electron chi connectivity index (χ4n) is 1.62. The summed E-state index contributed by atoms with van der Waals surface area (Å²) in [6.07, 6.45) is 1.73. The number of aromatic hydroxyl groups is 1. The van der Waals surface area contributed by atoms with E-state index in [0.29, 0.717) is 5.02 Å². The van der Waals surface area contributed by atoms with Crippen LogP contribution in [-0.4, -0.2) is 20.8 Å². The van der Waals surface area contributed by atoms with Crippen molar-refractivity contribution in [2.24, 2.45) is 0 Å². The predicted molar refractivity (Wildman–Crippen MR) is 81.1 cm³/mol. The smallest absolute Gasteiger partial charge is 0.249 e. The Morgan fingerprint density at radius 2 is 2.25 bits per heavy atom. The van der Waals surface area contributed by atoms with Crippen LogP contribution < -0.4 is 5.32 Å². The number of carbonyl (C=O) groups is 1. The number of carbonyl (C=O) groups excluding carboxylic acids is 1. The van der Waals surface area contributed by atoms with E-state index in [1.165, 1.54) is 12.1 Å². The average Bonchev–Trinajstić information content (AvgIpc) is 2.73. The minimum Gasteiger partial charge on any atom is -0.506 e. The van der Waals surface area contributed by atoms with Gasteiger partial charge in [-0.05, 0) is 48.0 Å². The molecular weight excluding hydrogens is 346 g/mol. The number of hydrogen-bond acceptors (Lipinski definition) is 3. The summed E-state index contributed by atoms with van der Waals surface area (Å²) in [4.78, 5) is 12.2. The maximum atomic E-state index is 12.2. The van der Waals surface area contributed by atoms with E-state index in [2.05, 4.69) is 26.3 Å². The first-order valence-electron chi connectivity index (χ1n) is 5.89. The molecule has 0 aliphatic heterocycles. The molecule has 1 atom stereocenters. The fraction of sp³-hybridized carbons (Fsp3) is 0.231. The van der Waals surface area contributed by atoms with Crippen molar-refractivity contribution in [3.05, 3.63) is 39.6 Å². The van der Waals surface area contributed by atoms with Gasteiger partial charge in [-0.2, -0.15) is 5.10 Å². The molecule has 0 spiro atoms. The molecular formula is C13H13BrClN3O2. The summed E-state index contributed by atoms with van der Waals surface area (Å²) < 4.78 is 2.39. The molecule has 7 heteroatoms. The number of amides is 1. The summed E-state index contributed by atoms with van der Waals surface area (Å²) in [5, 5.41) is 17.0. The van der Waals surface area contributed by atoms with E-state index in [1.807, 2.05) is 6.92 Å². The van der Waals surface area contributed by atoms with E-state index in [1.54, 1.807) is 23.9 Å². The predicted octanol–water partition coefficient (Wildman–Crippen LogP) is 3.51. The van der Waals surface area contributed by atoms with Crippen LogP contribution in [0.3, 0.4) is 0 Å². The lowest BCUT2D eigenvalue weighted by Gasteiger charge is -2.13. The van der Waals surface area contributed by atoms with E-state index < -0.39 is 6.04 Å². The Balaban J connectivity index is 2.17. The van der Waals surface area contributed by atoms with E-state index in [0.717, 1.165) is 10.2 Å². The first-order valence-corrected chi connectivity index (χ1v) is 7.06. The number of anilines is 1. The van der Waals surface area contributed by atoms with Crippen molar-refractivity contribution >= 4 is 39.1 Å². The number of aryl methyl sites for hydroxylation is 1. The SMILES string of the molecule is Cc1nn(C(C)C(=O)Nc2cc(Cl)ccc2O)cc1Br. The van der Waals surface area contributed by atoms with Gasteiger partial charge >= 0.3 is 0 Å². The Bertz CT molecular complexity index is 638. The van der Waals surface area contributed by atoms with Gasteiger partial charge < -0.3 is 10.4 Å². The summed E-state index contributed by atoms with van der Waals surface area (Å²) in [6.45, 7) is 3.56. The summed E-state index contributed by atoms with van der Waals surface area (Å²) >= 11 is 9.18. The van der Waals surface area contributed by atoms with E-state index in [-0.39, 0.29) is 17.3 Å². The molecule has 20 heavy (non-hydrogen) atoms. The molecule has 5 nitrogen and oxygen atoms in total. The molecule has 1 aromatic heterocycles. The lowest BCUT2D eigenvalue weighted by molar-refractivity contribution is -0.119. The third-order valence-corrected chi connectivity index (χ3v) is 3.86. The topological polar surface area (TPSA) is 67.2 Å². The second kappa shape index (κ2) is 5.85. The zero-order valence-electron chi connectivity index (χ0n) is 10.9. The summed E-state index contributed by atoms with van der Waals surface area (Å²) in [7, 11) is 0. The maximum absolute atomic E-state index is 12.2. The van der Waals surface area contributed by atoms with Crippen LogP contribution in [0.15, 0.2) is 28.9 Å². The second-order valence-corrected chi connectivity index (χ2v) is 5.66. The van der Waals surface area contributed by atoms with Gasteiger partial charge in [-0.3, -0.25) is 9.48 Å². The quantitative estimate of drug-likeness (QED) is 0.825. The van der Waals surface area contributed by atoms with Gasteiger partial charge in [-0.25, -0.2) is 0 Å². The van der Waals surface area contributed by atoms with Crippen molar-refractivity contribution in [2.75, 3.05) is 5.32 Å². The van der Waals surface area contributed by atoms with Crippen molar-refractivity contribution < 1.29 is 9.90 Å². The Morgan fingerprint density at radius 3 is 2.85 bits per heavy atom. The number of halogens is 2. The monoisotopic (exact) mass is 357 g/mol. The molecule has 0 saturated carbocycles. The van der Waals surface area contributed by atoms with Crippen LogP contribution in [0.1, 0.15) is 18.7 Å². The van der Waals surface area contributed by atoms with Gasteiger partial charge in [0.15, 0.2) is 0 Å². The highest BCUT2D eigenvalue weighted by atomic mass is 79.9. The Kier molecular flexibility index (Phi) is 4.35. The molecule has 0 radical (unpaired) electrons. The van der Waals surface area contributed by atoms with Crippen LogP contribution in [0.2, 0.25) is 5.02 Å². The van der Waals surface area contributed by atoms with E-state index >= 15 is 0 Å². The van der Waals surface area contributed by atoms with Crippen LogP contribution in [0.25, 0.3) is 0 Å². The third kappa shape index (κ3) is 3.13.